The molecule has 0 spiro atoms. The molecule has 1 saturated carbocycles. The lowest BCUT2D eigenvalue weighted by Crippen LogP contribution is -2.27. The maximum Gasteiger partial charge on any atom is 0.124 e. The molecule has 0 saturated heterocycles. The van der Waals surface area contributed by atoms with Gasteiger partial charge in [-0.25, -0.2) is 0 Å². The lowest BCUT2D eigenvalue weighted by atomic mass is 9.98. The predicted octanol–water partition coefficient (Wildman–Crippen LogP) is 2.05. The maximum absolute atomic E-state index is 5.95. The third kappa shape index (κ3) is 2.39. The van der Waals surface area contributed by atoms with Crippen LogP contribution in [0.15, 0.2) is 12.1 Å². The van der Waals surface area contributed by atoms with E-state index in [9.17, 15) is 0 Å². The second-order valence-electron chi connectivity index (χ2n) is 5.40. The van der Waals surface area contributed by atoms with Gasteiger partial charge in [-0.1, -0.05) is 0 Å². The molecule has 2 aliphatic rings. The van der Waals surface area contributed by atoms with Crippen LogP contribution in [0.25, 0.3) is 0 Å². The molecule has 0 unspecified atom stereocenters. The lowest BCUT2D eigenvalue weighted by Gasteiger charge is -2.27. The van der Waals surface area contributed by atoms with Crippen LogP contribution in [-0.4, -0.2) is 25.1 Å². The van der Waals surface area contributed by atoms with Gasteiger partial charge in [0, 0.05) is 30.4 Å². The zero-order valence-electron chi connectivity index (χ0n) is 10.4. The summed E-state index contributed by atoms with van der Waals surface area (Å²) in [5.74, 6) is 1.82. The molecule has 1 heterocycles. The van der Waals surface area contributed by atoms with Gasteiger partial charge in [0.25, 0.3) is 0 Å². The molecule has 1 aliphatic heterocycles. The van der Waals surface area contributed by atoms with Crippen molar-refractivity contribution in [3.63, 3.8) is 0 Å². The Morgan fingerprint density at radius 1 is 1.41 bits per heavy atom. The van der Waals surface area contributed by atoms with Gasteiger partial charge in [0.2, 0.25) is 0 Å². The first-order chi connectivity index (χ1) is 8.22. The van der Waals surface area contributed by atoms with Gasteiger partial charge in [-0.05, 0) is 43.9 Å². The van der Waals surface area contributed by atoms with Gasteiger partial charge in [0.15, 0.2) is 0 Å². The highest BCUT2D eigenvalue weighted by Gasteiger charge is 2.24. The average Bonchev–Trinajstić information content (AvgIpc) is 3.08. The van der Waals surface area contributed by atoms with Crippen molar-refractivity contribution in [2.75, 3.05) is 25.9 Å². The summed E-state index contributed by atoms with van der Waals surface area (Å²) in [6, 6.07) is 4.08. The Bertz CT molecular complexity index is 426. The number of nitrogens with zero attached hydrogens (tertiary/aromatic N) is 1. The smallest absolute Gasteiger partial charge is 0.124 e. The van der Waals surface area contributed by atoms with Gasteiger partial charge in [-0.2, -0.15) is 0 Å². The summed E-state index contributed by atoms with van der Waals surface area (Å²) >= 11 is 0. The van der Waals surface area contributed by atoms with E-state index in [2.05, 4.69) is 18.0 Å². The van der Waals surface area contributed by atoms with E-state index in [4.69, 9.17) is 10.5 Å². The standard InChI is InChI=1S/C14H20N2O/c1-16-5-4-13-11(8-16)6-12(15)7-14(13)17-9-10-2-3-10/h6-7,10H,2-5,8-9,15H2,1H3. The summed E-state index contributed by atoms with van der Waals surface area (Å²) in [5.41, 5.74) is 9.49. The Morgan fingerprint density at radius 2 is 2.24 bits per heavy atom. The van der Waals surface area contributed by atoms with Crippen LogP contribution in [0.4, 0.5) is 5.69 Å². The van der Waals surface area contributed by atoms with E-state index in [0.717, 1.165) is 43.5 Å². The average molecular weight is 232 g/mol. The van der Waals surface area contributed by atoms with Crippen LogP contribution < -0.4 is 10.5 Å². The quantitative estimate of drug-likeness (QED) is 0.811. The topological polar surface area (TPSA) is 38.5 Å². The van der Waals surface area contributed by atoms with Crippen molar-refractivity contribution in [1.82, 2.24) is 4.90 Å². The second kappa shape index (κ2) is 4.22. The molecule has 0 aromatic heterocycles. The number of likely N-dealkylation sites (N-methyl/N-ethyl adjacent to an activating group) is 1. The van der Waals surface area contributed by atoms with Gasteiger partial charge in [0.1, 0.15) is 5.75 Å². The van der Waals surface area contributed by atoms with Crippen molar-refractivity contribution in [3.8, 4) is 5.75 Å². The summed E-state index contributed by atoms with van der Waals surface area (Å²) in [6.45, 7) is 2.96. The summed E-state index contributed by atoms with van der Waals surface area (Å²) in [4.78, 5) is 2.33. The van der Waals surface area contributed by atoms with Crippen LogP contribution >= 0.6 is 0 Å². The highest BCUT2D eigenvalue weighted by Crippen LogP contribution is 2.34. The number of nitrogen functional groups attached to an aromatic ring is 1. The van der Waals surface area contributed by atoms with Gasteiger partial charge < -0.3 is 15.4 Å². The fraction of sp³-hybridized carbons (Fsp3) is 0.571. The first-order valence-electron chi connectivity index (χ1n) is 6.45. The Balaban J connectivity index is 1.85. The van der Waals surface area contributed by atoms with Gasteiger partial charge in [-0.15, -0.1) is 0 Å². The Hall–Kier alpha value is -1.22. The summed E-state index contributed by atoms with van der Waals surface area (Å²) in [6.07, 6.45) is 3.73. The Morgan fingerprint density at radius 3 is 3.00 bits per heavy atom. The van der Waals surface area contributed by atoms with E-state index in [-0.39, 0.29) is 0 Å². The van der Waals surface area contributed by atoms with E-state index in [1.165, 1.54) is 24.0 Å². The fourth-order valence-electron chi connectivity index (χ4n) is 2.44. The molecule has 1 aliphatic carbocycles. The fourth-order valence-corrected chi connectivity index (χ4v) is 2.44. The van der Waals surface area contributed by atoms with Crippen molar-refractivity contribution >= 4 is 5.69 Å². The zero-order valence-corrected chi connectivity index (χ0v) is 10.4. The zero-order chi connectivity index (χ0) is 11.8. The minimum atomic E-state index is 0.790. The lowest BCUT2D eigenvalue weighted by molar-refractivity contribution is 0.280. The Labute approximate surface area is 103 Å². The van der Waals surface area contributed by atoms with Gasteiger partial charge >= 0.3 is 0 Å². The summed E-state index contributed by atoms with van der Waals surface area (Å²) in [7, 11) is 2.15. The van der Waals surface area contributed by atoms with Crippen LogP contribution in [-0.2, 0) is 13.0 Å². The molecule has 0 radical (unpaired) electrons. The third-order valence-electron chi connectivity index (χ3n) is 3.68. The highest BCUT2D eigenvalue weighted by molar-refractivity contribution is 5.54. The number of benzene rings is 1. The molecule has 92 valence electrons. The van der Waals surface area contributed by atoms with Crippen LogP contribution in [0.5, 0.6) is 5.75 Å². The van der Waals surface area contributed by atoms with E-state index < -0.39 is 0 Å². The van der Waals surface area contributed by atoms with Crippen LogP contribution in [0.1, 0.15) is 24.0 Å². The predicted molar refractivity (Wildman–Crippen MR) is 69.1 cm³/mol. The van der Waals surface area contributed by atoms with Crippen LogP contribution in [0.2, 0.25) is 0 Å². The molecule has 1 aromatic carbocycles. The highest BCUT2D eigenvalue weighted by atomic mass is 16.5. The molecular formula is C14H20N2O. The first kappa shape index (κ1) is 10.9. The van der Waals surface area contributed by atoms with Crippen molar-refractivity contribution in [2.45, 2.75) is 25.8 Å². The number of nitrogens with two attached hydrogens (primary N) is 1. The molecule has 0 atom stereocenters. The second-order valence-corrected chi connectivity index (χ2v) is 5.40. The van der Waals surface area contributed by atoms with Crippen molar-refractivity contribution in [1.29, 1.82) is 0 Å². The number of anilines is 1. The molecule has 0 amide bonds. The molecule has 3 heteroatoms. The molecule has 3 nitrogen and oxygen atoms in total. The van der Waals surface area contributed by atoms with Crippen molar-refractivity contribution < 1.29 is 4.74 Å². The number of hydrogen-bond acceptors (Lipinski definition) is 3. The summed E-state index contributed by atoms with van der Waals surface area (Å²) in [5, 5.41) is 0. The molecule has 2 N–H and O–H groups in total. The number of rotatable bonds is 3. The summed E-state index contributed by atoms with van der Waals surface area (Å²) < 4.78 is 5.95. The third-order valence-corrected chi connectivity index (χ3v) is 3.68. The monoisotopic (exact) mass is 232 g/mol. The molecule has 0 bridgehead atoms. The van der Waals surface area contributed by atoms with E-state index in [1.54, 1.807) is 0 Å². The minimum absolute atomic E-state index is 0.790. The van der Waals surface area contributed by atoms with Crippen LogP contribution in [0.3, 0.4) is 0 Å². The number of hydrogen-bond donors (Lipinski definition) is 1. The first-order valence-corrected chi connectivity index (χ1v) is 6.45. The molecule has 3 rings (SSSR count). The largest absolute Gasteiger partial charge is 0.493 e. The van der Waals surface area contributed by atoms with E-state index in [1.807, 2.05) is 6.07 Å². The minimum Gasteiger partial charge on any atom is -0.493 e. The normalized spacial score (nSPS) is 20.1. The molecule has 17 heavy (non-hydrogen) atoms. The number of fused-ring (bicyclic) bond motifs is 1. The molecular weight excluding hydrogens is 212 g/mol. The van der Waals surface area contributed by atoms with Crippen molar-refractivity contribution in [3.05, 3.63) is 23.3 Å². The van der Waals surface area contributed by atoms with Crippen molar-refractivity contribution in [2.24, 2.45) is 5.92 Å². The number of ether oxygens (including phenoxy) is 1. The molecule has 1 aromatic rings. The van der Waals surface area contributed by atoms with E-state index >= 15 is 0 Å². The molecule has 1 fully saturated rings. The van der Waals surface area contributed by atoms with Gasteiger partial charge in [-0.3, -0.25) is 0 Å². The maximum atomic E-state index is 5.95. The van der Waals surface area contributed by atoms with Gasteiger partial charge in [0.05, 0.1) is 6.61 Å². The SMILES string of the molecule is CN1CCc2c(cc(N)cc2OCC2CC2)C1. The van der Waals surface area contributed by atoms with Crippen LogP contribution in [0, 0.1) is 5.92 Å². The van der Waals surface area contributed by atoms with E-state index in [0.29, 0.717) is 0 Å². The Kier molecular flexibility index (Phi) is 2.71.